The van der Waals surface area contributed by atoms with Crippen molar-refractivity contribution in [3.05, 3.63) is 33.8 Å². The second kappa shape index (κ2) is 6.83. The van der Waals surface area contributed by atoms with Crippen molar-refractivity contribution in [2.75, 3.05) is 6.54 Å². The molecule has 0 bridgehead atoms. The molecular weight excluding hydrogens is 322 g/mol. The minimum Gasteiger partial charge on any atom is -0.330 e. The zero-order chi connectivity index (χ0) is 14.7. The van der Waals surface area contributed by atoms with Crippen molar-refractivity contribution in [2.45, 2.75) is 75.5 Å². The number of benzene rings is 1. The summed E-state index contributed by atoms with van der Waals surface area (Å²) in [4.78, 5) is 0. The van der Waals surface area contributed by atoms with Gasteiger partial charge in [0.25, 0.3) is 0 Å². The summed E-state index contributed by atoms with van der Waals surface area (Å²) in [6.07, 6.45) is 13.5. The molecule has 2 aliphatic rings. The zero-order valence-electron chi connectivity index (χ0n) is 13.0. The Morgan fingerprint density at radius 2 is 1.67 bits per heavy atom. The van der Waals surface area contributed by atoms with Gasteiger partial charge in [-0.05, 0) is 48.8 Å². The van der Waals surface area contributed by atoms with E-state index in [-0.39, 0.29) is 5.41 Å². The van der Waals surface area contributed by atoms with Gasteiger partial charge < -0.3 is 5.73 Å². The van der Waals surface area contributed by atoms with Gasteiger partial charge in [0.05, 0.1) is 0 Å². The largest absolute Gasteiger partial charge is 0.330 e. The van der Waals surface area contributed by atoms with Crippen molar-refractivity contribution < 1.29 is 0 Å². The van der Waals surface area contributed by atoms with E-state index in [1.807, 2.05) is 0 Å². The van der Waals surface area contributed by atoms with Crippen LogP contribution >= 0.6 is 15.9 Å². The zero-order valence-corrected chi connectivity index (χ0v) is 14.6. The average molecular weight is 350 g/mol. The van der Waals surface area contributed by atoms with E-state index in [4.69, 9.17) is 5.73 Å². The van der Waals surface area contributed by atoms with Crippen LogP contribution in [-0.2, 0) is 5.41 Å². The molecule has 2 fully saturated rings. The highest BCUT2D eigenvalue weighted by Crippen LogP contribution is 2.42. The molecule has 2 aliphatic carbocycles. The summed E-state index contributed by atoms with van der Waals surface area (Å²) in [6.45, 7) is 0.794. The topological polar surface area (TPSA) is 26.0 Å². The molecular formula is C19H28BrN. The van der Waals surface area contributed by atoms with Gasteiger partial charge >= 0.3 is 0 Å². The minimum atomic E-state index is 0.242. The molecule has 2 heteroatoms. The quantitative estimate of drug-likeness (QED) is 0.748. The molecule has 1 aromatic carbocycles. The van der Waals surface area contributed by atoms with Crippen LogP contribution in [-0.4, -0.2) is 6.54 Å². The van der Waals surface area contributed by atoms with Crippen LogP contribution in [0, 0.1) is 0 Å². The Morgan fingerprint density at radius 1 is 1.00 bits per heavy atom. The molecule has 0 aliphatic heterocycles. The monoisotopic (exact) mass is 349 g/mol. The number of nitrogens with two attached hydrogens (primary N) is 1. The SMILES string of the molecule is NCC1(c2ccc(C3CCCCC3)c(Br)c2)CCCCC1. The van der Waals surface area contributed by atoms with E-state index in [9.17, 15) is 0 Å². The highest BCUT2D eigenvalue weighted by Gasteiger charge is 2.33. The van der Waals surface area contributed by atoms with Gasteiger partial charge in [-0.3, -0.25) is 0 Å². The van der Waals surface area contributed by atoms with E-state index >= 15 is 0 Å². The lowest BCUT2D eigenvalue weighted by Crippen LogP contribution is -2.37. The van der Waals surface area contributed by atoms with Gasteiger partial charge in [0.15, 0.2) is 0 Å². The fraction of sp³-hybridized carbons (Fsp3) is 0.684. The first-order valence-electron chi connectivity index (χ1n) is 8.75. The second-order valence-corrected chi connectivity index (χ2v) is 7.97. The van der Waals surface area contributed by atoms with Crippen LogP contribution < -0.4 is 5.73 Å². The molecule has 1 nitrogen and oxygen atoms in total. The molecule has 0 unspecified atom stereocenters. The molecule has 3 rings (SSSR count). The molecule has 0 amide bonds. The van der Waals surface area contributed by atoms with Crippen molar-refractivity contribution in [1.29, 1.82) is 0 Å². The fourth-order valence-electron chi connectivity index (χ4n) is 4.44. The molecule has 1 aromatic rings. The highest BCUT2D eigenvalue weighted by atomic mass is 79.9. The molecule has 2 N–H and O–H groups in total. The molecule has 21 heavy (non-hydrogen) atoms. The Hall–Kier alpha value is -0.340. The number of hydrogen-bond acceptors (Lipinski definition) is 1. The van der Waals surface area contributed by atoms with Crippen LogP contribution in [0.3, 0.4) is 0 Å². The lowest BCUT2D eigenvalue weighted by molar-refractivity contribution is 0.300. The third-order valence-electron chi connectivity index (χ3n) is 5.86. The van der Waals surface area contributed by atoms with Crippen LogP contribution in [0.25, 0.3) is 0 Å². The summed E-state index contributed by atoms with van der Waals surface area (Å²) in [5, 5.41) is 0. The molecule has 0 heterocycles. The minimum absolute atomic E-state index is 0.242. The van der Waals surface area contributed by atoms with Gasteiger partial charge in [0, 0.05) is 16.4 Å². The van der Waals surface area contributed by atoms with Crippen LogP contribution in [0.15, 0.2) is 22.7 Å². The van der Waals surface area contributed by atoms with Gasteiger partial charge in [-0.25, -0.2) is 0 Å². The van der Waals surface area contributed by atoms with Gasteiger partial charge in [-0.2, -0.15) is 0 Å². The summed E-state index contributed by atoms with van der Waals surface area (Å²) in [5.41, 5.74) is 9.43. The first-order chi connectivity index (χ1) is 10.2. The maximum atomic E-state index is 6.19. The summed E-state index contributed by atoms with van der Waals surface area (Å²) in [7, 11) is 0. The average Bonchev–Trinajstić information content (AvgIpc) is 2.56. The van der Waals surface area contributed by atoms with Crippen LogP contribution in [0.2, 0.25) is 0 Å². The van der Waals surface area contributed by atoms with Crippen molar-refractivity contribution in [3.8, 4) is 0 Å². The Bertz CT molecular complexity index is 470. The normalized spacial score (nSPS) is 23.1. The molecule has 2 saturated carbocycles. The van der Waals surface area contributed by atoms with E-state index in [0.29, 0.717) is 0 Å². The molecule has 116 valence electrons. The smallest absolute Gasteiger partial charge is 0.0213 e. The van der Waals surface area contributed by atoms with Crippen LogP contribution in [0.5, 0.6) is 0 Å². The van der Waals surface area contributed by atoms with Gasteiger partial charge in [-0.1, -0.05) is 66.6 Å². The lowest BCUT2D eigenvalue weighted by atomic mass is 9.69. The van der Waals surface area contributed by atoms with Gasteiger partial charge in [0.2, 0.25) is 0 Å². The third kappa shape index (κ3) is 3.22. The maximum absolute atomic E-state index is 6.19. The van der Waals surface area contributed by atoms with E-state index in [1.54, 1.807) is 0 Å². The Balaban J connectivity index is 1.85. The Labute approximate surface area is 137 Å². The van der Waals surface area contributed by atoms with Crippen LogP contribution in [0.4, 0.5) is 0 Å². The standard InChI is InChI=1S/C19H28BrN/c20-18-13-16(19(14-21)11-5-2-6-12-19)9-10-17(18)15-7-3-1-4-8-15/h9-10,13,15H,1-8,11-12,14,21H2. The van der Waals surface area contributed by atoms with E-state index in [0.717, 1.165) is 12.5 Å². The van der Waals surface area contributed by atoms with Crippen LogP contribution in [0.1, 0.15) is 81.3 Å². The summed E-state index contributed by atoms with van der Waals surface area (Å²) in [6, 6.07) is 7.16. The predicted octanol–water partition coefficient (Wildman–Crippen LogP) is 5.66. The van der Waals surface area contributed by atoms with Crippen molar-refractivity contribution in [2.24, 2.45) is 5.73 Å². The Morgan fingerprint density at radius 3 is 2.29 bits per heavy atom. The number of hydrogen-bond donors (Lipinski definition) is 1. The summed E-state index contributed by atoms with van der Waals surface area (Å²) < 4.78 is 1.32. The first kappa shape index (κ1) is 15.6. The third-order valence-corrected chi connectivity index (χ3v) is 6.55. The molecule has 0 radical (unpaired) electrons. The van der Waals surface area contributed by atoms with E-state index in [2.05, 4.69) is 34.1 Å². The predicted molar refractivity (Wildman–Crippen MR) is 93.8 cm³/mol. The first-order valence-corrected chi connectivity index (χ1v) is 9.54. The van der Waals surface area contributed by atoms with Crippen molar-refractivity contribution in [1.82, 2.24) is 0 Å². The van der Waals surface area contributed by atoms with Crippen molar-refractivity contribution >= 4 is 15.9 Å². The van der Waals surface area contributed by atoms with Crippen molar-refractivity contribution in [3.63, 3.8) is 0 Å². The second-order valence-electron chi connectivity index (χ2n) is 7.12. The van der Waals surface area contributed by atoms with E-state index < -0.39 is 0 Å². The fourth-order valence-corrected chi connectivity index (χ4v) is 5.14. The summed E-state index contributed by atoms with van der Waals surface area (Å²) in [5.74, 6) is 0.766. The molecule has 0 saturated heterocycles. The summed E-state index contributed by atoms with van der Waals surface area (Å²) >= 11 is 3.86. The lowest BCUT2D eigenvalue weighted by Gasteiger charge is -2.37. The number of halogens is 1. The molecule has 0 spiro atoms. The van der Waals surface area contributed by atoms with Gasteiger partial charge in [-0.15, -0.1) is 0 Å². The maximum Gasteiger partial charge on any atom is 0.0213 e. The molecule has 0 atom stereocenters. The number of rotatable bonds is 3. The molecule has 0 aromatic heterocycles. The van der Waals surface area contributed by atoms with Gasteiger partial charge in [0.1, 0.15) is 0 Å². The highest BCUT2D eigenvalue weighted by molar-refractivity contribution is 9.10. The Kier molecular flexibility index (Phi) is 5.06. The van der Waals surface area contributed by atoms with E-state index in [1.165, 1.54) is 79.8 Å².